The summed E-state index contributed by atoms with van der Waals surface area (Å²) >= 11 is 3.35. The Morgan fingerprint density at radius 2 is 1.68 bits per heavy atom. The highest BCUT2D eigenvalue weighted by Crippen LogP contribution is 2.33. The van der Waals surface area contributed by atoms with Gasteiger partial charge in [0.15, 0.2) is 5.78 Å². The molecule has 1 aromatic rings. The van der Waals surface area contributed by atoms with Crippen LogP contribution >= 0.6 is 15.9 Å². The van der Waals surface area contributed by atoms with Crippen molar-refractivity contribution in [2.45, 2.75) is 25.7 Å². The molecule has 1 aromatic carbocycles. The van der Waals surface area contributed by atoms with Gasteiger partial charge < -0.3 is 4.74 Å². The minimum Gasteiger partial charge on any atom is -0.469 e. The normalized spacial score (nSPS) is 22.8. The number of carbonyl (C=O) groups is 2. The molecule has 4 heteroatoms. The third-order valence-corrected chi connectivity index (χ3v) is 4.26. The molecule has 0 heterocycles. The van der Waals surface area contributed by atoms with Crippen LogP contribution in [0.5, 0.6) is 0 Å². The first kappa shape index (κ1) is 14.3. The maximum absolute atomic E-state index is 12.5. The number of halogens is 1. The number of carbonyl (C=O) groups excluding carboxylic acids is 2. The van der Waals surface area contributed by atoms with Crippen LogP contribution in [0.3, 0.4) is 0 Å². The molecule has 0 aliphatic heterocycles. The summed E-state index contributed by atoms with van der Waals surface area (Å²) < 4.78 is 5.77. The lowest BCUT2D eigenvalue weighted by molar-refractivity contribution is -0.147. The number of ether oxygens (including phenoxy) is 1. The molecule has 2 rings (SSSR count). The van der Waals surface area contributed by atoms with Crippen molar-refractivity contribution < 1.29 is 14.3 Å². The van der Waals surface area contributed by atoms with Crippen LogP contribution in [0, 0.1) is 11.8 Å². The van der Waals surface area contributed by atoms with Gasteiger partial charge in [-0.15, -0.1) is 0 Å². The maximum atomic E-state index is 12.5. The van der Waals surface area contributed by atoms with Gasteiger partial charge in [0.25, 0.3) is 0 Å². The summed E-state index contributed by atoms with van der Waals surface area (Å²) in [5.41, 5.74) is 0.670. The molecule has 3 nitrogen and oxygen atoms in total. The summed E-state index contributed by atoms with van der Waals surface area (Å²) in [4.78, 5) is 24.3. The molecule has 0 aromatic heterocycles. The highest BCUT2D eigenvalue weighted by Gasteiger charge is 2.36. The number of rotatable bonds is 3. The van der Waals surface area contributed by atoms with Crippen molar-refractivity contribution in [3.8, 4) is 0 Å². The first-order chi connectivity index (χ1) is 9.13. The molecular formula is C15H17BrO3. The molecule has 0 saturated heterocycles. The Hall–Kier alpha value is -1.16. The predicted molar refractivity (Wildman–Crippen MR) is 75.9 cm³/mol. The van der Waals surface area contributed by atoms with E-state index in [4.69, 9.17) is 4.74 Å². The van der Waals surface area contributed by atoms with Gasteiger partial charge in [-0.25, -0.2) is 0 Å². The van der Waals surface area contributed by atoms with Gasteiger partial charge in [-0.1, -0.05) is 40.9 Å². The van der Waals surface area contributed by atoms with Crippen LogP contribution in [-0.2, 0) is 9.53 Å². The van der Waals surface area contributed by atoms with Crippen molar-refractivity contribution in [2.24, 2.45) is 11.8 Å². The lowest BCUT2D eigenvalue weighted by Gasteiger charge is -2.28. The molecule has 1 aliphatic carbocycles. The number of hydrogen-bond donors (Lipinski definition) is 0. The number of methoxy groups -OCH3 is 1. The van der Waals surface area contributed by atoms with Crippen LogP contribution in [0.2, 0.25) is 0 Å². The third-order valence-electron chi connectivity index (χ3n) is 3.74. The van der Waals surface area contributed by atoms with Crippen LogP contribution < -0.4 is 0 Å². The van der Waals surface area contributed by atoms with Crippen molar-refractivity contribution in [2.75, 3.05) is 7.11 Å². The van der Waals surface area contributed by atoms with E-state index in [9.17, 15) is 9.59 Å². The van der Waals surface area contributed by atoms with E-state index in [0.717, 1.165) is 30.2 Å². The summed E-state index contributed by atoms with van der Waals surface area (Å²) in [6.45, 7) is 0. The largest absolute Gasteiger partial charge is 0.469 e. The van der Waals surface area contributed by atoms with Crippen molar-refractivity contribution in [3.05, 3.63) is 34.3 Å². The topological polar surface area (TPSA) is 43.4 Å². The molecule has 1 aliphatic rings. The van der Waals surface area contributed by atoms with E-state index in [-0.39, 0.29) is 23.6 Å². The summed E-state index contributed by atoms with van der Waals surface area (Å²) in [7, 11) is 1.39. The van der Waals surface area contributed by atoms with Gasteiger partial charge in [0, 0.05) is 16.0 Å². The van der Waals surface area contributed by atoms with Crippen molar-refractivity contribution in [1.29, 1.82) is 0 Å². The second-order valence-electron chi connectivity index (χ2n) is 4.89. The van der Waals surface area contributed by atoms with Gasteiger partial charge in [-0.2, -0.15) is 0 Å². The second-order valence-corrected chi connectivity index (χ2v) is 5.81. The van der Waals surface area contributed by atoms with E-state index < -0.39 is 0 Å². The SMILES string of the molecule is COC(=O)C1CCCCC1C(=O)c1ccc(Br)cc1. The van der Waals surface area contributed by atoms with E-state index >= 15 is 0 Å². The van der Waals surface area contributed by atoms with Gasteiger partial charge >= 0.3 is 5.97 Å². The fourth-order valence-corrected chi connectivity index (χ4v) is 2.97. The molecule has 0 radical (unpaired) electrons. The number of ketones is 1. The predicted octanol–water partition coefficient (Wildman–Crippen LogP) is 3.61. The summed E-state index contributed by atoms with van der Waals surface area (Å²) in [6.07, 6.45) is 3.51. The first-order valence-corrected chi connectivity index (χ1v) is 7.30. The van der Waals surface area contributed by atoms with Crippen molar-refractivity contribution in [3.63, 3.8) is 0 Å². The fourth-order valence-electron chi connectivity index (χ4n) is 2.71. The van der Waals surface area contributed by atoms with Crippen LogP contribution in [0.4, 0.5) is 0 Å². The minimum absolute atomic E-state index is 0.0580. The quantitative estimate of drug-likeness (QED) is 0.630. The van der Waals surface area contributed by atoms with Crippen LogP contribution in [0.1, 0.15) is 36.0 Å². The van der Waals surface area contributed by atoms with Crippen LogP contribution in [0.15, 0.2) is 28.7 Å². The standard InChI is InChI=1S/C15H17BrO3/c1-19-15(18)13-5-3-2-4-12(13)14(17)10-6-8-11(16)9-7-10/h6-9,12-13H,2-5H2,1H3. The average molecular weight is 325 g/mol. The van der Waals surface area contributed by atoms with Gasteiger partial charge in [0.2, 0.25) is 0 Å². The van der Waals surface area contributed by atoms with E-state index in [1.54, 1.807) is 12.1 Å². The number of hydrogen-bond acceptors (Lipinski definition) is 3. The zero-order valence-electron chi connectivity index (χ0n) is 10.9. The van der Waals surface area contributed by atoms with E-state index in [1.165, 1.54) is 7.11 Å². The summed E-state index contributed by atoms with van der Waals surface area (Å²) in [6, 6.07) is 7.30. The highest BCUT2D eigenvalue weighted by atomic mass is 79.9. The van der Waals surface area contributed by atoms with E-state index in [1.807, 2.05) is 12.1 Å². The summed E-state index contributed by atoms with van der Waals surface area (Å²) in [5.74, 6) is -0.713. The number of benzene rings is 1. The molecule has 2 unspecified atom stereocenters. The van der Waals surface area contributed by atoms with Gasteiger partial charge in [0.05, 0.1) is 13.0 Å². The molecule has 19 heavy (non-hydrogen) atoms. The van der Waals surface area contributed by atoms with Gasteiger partial charge in [-0.3, -0.25) is 9.59 Å². The smallest absolute Gasteiger partial charge is 0.309 e. The molecule has 1 fully saturated rings. The molecule has 0 bridgehead atoms. The molecular weight excluding hydrogens is 308 g/mol. The Morgan fingerprint density at radius 1 is 1.11 bits per heavy atom. The fraction of sp³-hybridized carbons (Fsp3) is 0.467. The maximum Gasteiger partial charge on any atom is 0.309 e. The van der Waals surface area contributed by atoms with Crippen molar-refractivity contribution >= 4 is 27.7 Å². The zero-order valence-corrected chi connectivity index (χ0v) is 12.5. The Kier molecular flexibility index (Phi) is 4.75. The third kappa shape index (κ3) is 3.24. The second kappa shape index (κ2) is 6.33. The Balaban J connectivity index is 2.20. The first-order valence-electron chi connectivity index (χ1n) is 6.51. The molecule has 0 amide bonds. The molecule has 1 saturated carbocycles. The number of Topliss-reactive ketones (excluding diaryl/α,β-unsaturated/α-hetero) is 1. The Morgan fingerprint density at radius 3 is 2.26 bits per heavy atom. The lowest BCUT2D eigenvalue weighted by Crippen LogP contribution is -2.33. The van der Waals surface area contributed by atoms with Crippen LogP contribution in [0.25, 0.3) is 0 Å². The highest BCUT2D eigenvalue weighted by molar-refractivity contribution is 9.10. The van der Waals surface area contributed by atoms with Crippen molar-refractivity contribution in [1.82, 2.24) is 0 Å². The lowest BCUT2D eigenvalue weighted by atomic mass is 9.75. The van der Waals surface area contributed by atoms with Crippen LogP contribution in [-0.4, -0.2) is 18.9 Å². The molecule has 0 N–H and O–H groups in total. The molecule has 102 valence electrons. The van der Waals surface area contributed by atoms with E-state index in [0.29, 0.717) is 5.56 Å². The summed E-state index contributed by atoms with van der Waals surface area (Å²) in [5, 5.41) is 0. The van der Waals surface area contributed by atoms with Gasteiger partial charge in [0.1, 0.15) is 0 Å². The minimum atomic E-state index is -0.283. The zero-order chi connectivity index (χ0) is 13.8. The Labute approximate surface area is 121 Å². The monoisotopic (exact) mass is 324 g/mol. The van der Waals surface area contributed by atoms with E-state index in [2.05, 4.69) is 15.9 Å². The van der Waals surface area contributed by atoms with Gasteiger partial charge in [-0.05, 0) is 25.0 Å². The molecule has 2 atom stereocenters. The molecule has 0 spiro atoms. The Bertz CT molecular complexity index is 467. The number of esters is 1. The average Bonchev–Trinajstić information content (AvgIpc) is 2.46.